The summed E-state index contributed by atoms with van der Waals surface area (Å²) in [6, 6.07) is 7.81. The van der Waals surface area contributed by atoms with Crippen LogP contribution in [0.15, 0.2) is 34.7 Å². The van der Waals surface area contributed by atoms with Crippen LogP contribution in [0.5, 0.6) is 0 Å². The molecular formula is C22H26N4O4S2. The number of hydrogen-bond donors (Lipinski definition) is 2. The van der Waals surface area contributed by atoms with Gasteiger partial charge in [0.25, 0.3) is 5.91 Å². The average Bonchev–Trinajstić information content (AvgIpc) is 3.40. The Hall–Kier alpha value is -2.59. The van der Waals surface area contributed by atoms with E-state index in [1.54, 1.807) is 18.1 Å². The van der Waals surface area contributed by atoms with Gasteiger partial charge in [0.15, 0.2) is 5.13 Å². The lowest BCUT2D eigenvalue weighted by molar-refractivity contribution is -0.133. The molecule has 2 aliphatic rings. The molecule has 1 aromatic heterocycles. The third kappa shape index (κ3) is 5.24. The topological polar surface area (TPSA) is 103 Å². The third-order valence-corrected chi connectivity index (χ3v) is 8.15. The molecule has 1 saturated heterocycles. The van der Waals surface area contributed by atoms with Gasteiger partial charge in [-0.3, -0.25) is 14.9 Å². The van der Waals surface area contributed by atoms with Crippen LogP contribution in [0.4, 0.5) is 9.93 Å². The van der Waals surface area contributed by atoms with E-state index < -0.39 is 5.97 Å². The van der Waals surface area contributed by atoms with Gasteiger partial charge in [0, 0.05) is 31.7 Å². The van der Waals surface area contributed by atoms with Crippen molar-refractivity contribution in [2.45, 2.75) is 41.9 Å². The van der Waals surface area contributed by atoms with Gasteiger partial charge in [-0.15, -0.1) is 11.8 Å². The fourth-order valence-electron chi connectivity index (χ4n) is 4.10. The van der Waals surface area contributed by atoms with E-state index in [4.69, 9.17) is 5.11 Å². The first-order valence-electron chi connectivity index (χ1n) is 10.6. The smallest absolute Gasteiger partial charge is 0.323 e. The number of thiazole rings is 1. The lowest BCUT2D eigenvalue weighted by Gasteiger charge is -2.31. The number of thioether (sulfide) groups is 1. The Morgan fingerprint density at radius 3 is 2.84 bits per heavy atom. The van der Waals surface area contributed by atoms with Crippen molar-refractivity contribution in [3.8, 4) is 0 Å². The molecule has 170 valence electrons. The maximum atomic E-state index is 12.7. The largest absolute Gasteiger partial charge is 0.481 e. The molecule has 1 aliphatic carbocycles. The van der Waals surface area contributed by atoms with Crippen molar-refractivity contribution < 1.29 is 19.5 Å². The lowest BCUT2D eigenvalue weighted by Crippen LogP contribution is -2.42. The van der Waals surface area contributed by atoms with Gasteiger partial charge in [-0.1, -0.05) is 23.5 Å². The summed E-state index contributed by atoms with van der Waals surface area (Å²) in [6.07, 6.45) is 5.37. The van der Waals surface area contributed by atoms with Crippen molar-refractivity contribution in [1.29, 1.82) is 0 Å². The molecule has 2 fully saturated rings. The van der Waals surface area contributed by atoms with Crippen LogP contribution in [-0.2, 0) is 4.79 Å². The molecule has 0 radical (unpaired) electrons. The zero-order chi connectivity index (χ0) is 22.7. The fourth-order valence-corrected chi connectivity index (χ4v) is 5.68. The predicted octanol–water partition coefficient (Wildman–Crippen LogP) is 3.97. The molecule has 2 heterocycles. The highest BCUT2D eigenvalue weighted by atomic mass is 32.2. The van der Waals surface area contributed by atoms with Crippen LogP contribution >= 0.6 is 23.1 Å². The Labute approximate surface area is 195 Å². The standard InChI is InChI=1S/C22H26N4O4S2/c1-25(22(30)24-21-23-12-19(32-21)31-13-18(27)28)17-7-6-15(11-17)14-4-2-5-16(10-14)20(29)26-8-3-9-26/h2,4-5,10,12,15,17H,3,6-9,11,13H2,1H3,(H,27,28)(H,23,24,30). The van der Waals surface area contributed by atoms with Crippen LogP contribution in [0, 0.1) is 0 Å². The van der Waals surface area contributed by atoms with Gasteiger partial charge < -0.3 is 14.9 Å². The van der Waals surface area contributed by atoms with Crippen LogP contribution in [-0.4, -0.2) is 69.7 Å². The number of carboxylic acids is 1. The highest BCUT2D eigenvalue weighted by Gasteiger charge is 2.31. The summed E-state index contributed by atoms with van der Waals surface area (Å²) in [5.41, 5.74) is 1.91. The third-order valence-electron chi connectivity index (χ3n) is 6.06. The Balaban J connectivity index is 1.32. The van der Waals surface area contributed by atoms with Crippen LogP contribution in [0.2, 0.25) is 0 Å². The molecule has 10 heteroatoms. The number of hydrogen-bond acceptors (Lipinski definition) is 6. The number of carbonyl (C=O) groups excluding carboxylic acids is 2. The second kappa shape index (κ2) is 9.91. The van der Waals surface area contributed by atoms with Crippen molar-refractivity contribution in [2.24, 2.45) is 0 Å². The van der Waals surface area contributed by atoms with E-state index in [-0.39, 0.29) is 23.7 Å². The molecule has 2 atom stereocenters. The Bertz CT molecular complexity index is 1010. The van der Waals surface area contributed by atoms with E-state index in [9.17, 15) is 14.4 Å². The van der Waals surface area contributed by atoms with Gasteiger partial charge in [0.05, 0.1) is 16.2 Å². The number of carbonyl (C=O) groups is 3. The van der Waals surface area contributed by atoms with Crippen molar-refractivity contribution >= 4 is 46.1 Å². The van der Waals surface area contributed by atoms with Gasteiger partial charge in [0.1, 0.15) is 0 Å². The second-order valence-corrected chi connectivity index (χ2v) is 10.4. The van der Waals surface area contributed by atoms with Crippen molar-refractivity contribution in [3.63, 3.8) is 0 Å². The zero-order valence-corrected chi connectivity index (χ0v) is 19.5. The summed E-state index contributed by atoms with van der Waals surface area (Å²) < 4.78 is 0.749. The van der Waals surface area contributed by atoms with Crippen LogP contribution < -0.4 is 5.32 Å². The quantitative estimate of drug-likeness (QED) is 0.589. The molecule has 2 aromatic rings. The number of aromatic nitrogens is 1. The molecule has 0 spiro atoms. The van der Waals surface area contributed by atoms with Gasteiger partial charge >= 0.3 is 12.0 Å². The minimum Gasteiger partial charge on any atom is -0.481 e. The van der Waals surface area contributed by atoms with E-state index in [1.165, 1.54) is 23.1 Å². The number of benzene rings is 1. The second-order valence-electron chi connectivity index (χ2n) is 8.14. The summed E-state index contributed by atoms with van der Waals surface area (Å²) in [5, 5.41) is 12.0. The number of aliphatic carboxylic acids is 1. The van der Waals surface area contributed by atoms with Crippen LogP contribution in [0.25, 0.3) is 0 Å². The minimum atomic E-state index is -0.889. The van der Waals surface area contributed by atoms with Crippen LogP contribution in [0.3, 0.4) is 0 Å². The fraction of sp³-hybridized carbons (Fsp3) is 0.455. The summed E-state index contributed by atoms with van der Waals surface area (Å²) in [5.74, 6) is -0.504. The average molecular weight is 475 g/mol. The highest BCUT2D eigenvalue weighted by molar-refractivity contribution is 8.01. The molecule has 32 heavy (non-hydrogen) atoms. The van der Waals surface area contributed by atoms with Gasteiger partial charge in [-0.05, 0) is 49.3 Å². The molecule has 0 bridgehead atoms. The number of carboxylic acid groups (broad SMARTS) is 1. The number of urea groups is 1. The Kier molecular flexibility index (Phi) is 7.00. The first-order valence-corrected chi connectivity index (χ1v) is 12.4. The van der Waals surface area contributed by atoms with E-state index in [1.807, 2.05) is 23.1 Å². The maximum Gasteiger partial charge on any atom is 0.323 e. The van der Waals surface area contributed by atoms with Gasteiger partial charge in [0.2, 0.25) is 0 Å². The highest BCUT2D eigenvalue weighted by Crippen LogP contribution is 2.37. The summed E-state index contributed by atoms with van der Waals surface area (Å²) >= 11 is 2.45. The maximum absolute atomic E-state index is 12.7. The first-order chi connectivity index (χ1) is 15.4. The lowest BCUT2D eigenvalue weighted by atomic mass is 9.95. The summed E-state index contributed by atoms with van der Waals surface area (Å²) in [7, 11) is 1.79. The van der Waals surface area contributed by atoms with Crippen molar-refractivity contribution in [2.75, 3.05) is 31.2 Å². The molecule has 1 aliphatic heterocycles. The number of amides is 3. The van der Waals surface area contributed by atoms with E-state index >= 15 is 0 Å². The number of rotatable bonds is 7. The Morgan fingerprint density at radius 2 is 2.12 bits per heavy atom. The molecule has 1 saturated carbocycles. The van der Waals surface area contributed by atoms with Crippen molar-refractivity contribution in [1.82, 2.24) is 14.8 Å². The predicted molar refractivity (Wildman–Crippen MR) is 125 cm³/mol. The molecular weight excluding hydrogens is 448 g/mol. The van der Waals surface area contributed by atoms with Crippen LogP contribution in [0.1, 0.15) is 47.5 Å². The van der Waals surface area contributed by atoms with E-state index in [0.29, 0.717) is 11.0 Å². The summed E-state index contributed by atoms with van der Waals surface area (Å²) in [4.78, 5) is 43.7. The van der Waals surface area contributed by atoms with Gasteiger partial charge in [-0.2, -0.15) is 0 Å². The van der Waals surface area contributed by atoms with Gasteiger partial charge in [-0.25, -0.2) is 9.78 Å². The Morgan fingerprint density at radius 1 is 1.31 bits per heavy atom. The normalized spacial score (nSPS) is 20.0. The molecule has 2 unspecified atom stereocenters. The number of likely N-dealkylation sites (tertiary alicyclic amines) is 1. The SMILES string of the molecule is CN(C(=O)Nc1ncc(SCC(=O)O)s1)C1CCC(c2cccc(C(=O)N3CCC3)c2)C1. The van der Waals surface area contributed by atoms with E-state index in [0.717, 1.165) is 54.1 Å². The number of anilines is 1. The number of nitrogens with zero attached hydrogens (tertiary/aromatic N) is 3. The molecule has 4 rings (SSSR count). The zero-order valence-electron chi connectivity index (χ0n) is 17.8. The monoisotopic (exact) mass is 474 g/mol. The molecule has 1 aromatic carbocycles. The first kappa shape index (κ1) is 22.6. The van der Waals surface area contributed by atoms with Crippen molar-refractivity contribution in [3.05, 3.63) is 41.6 Å². The van der Waals surface area contributed by atoms with E-state index in [2.05, 4.69) is 16.4 Å². The minimum absolute atomic E-state index is 0.0379. The molecule has 2 N–H and O–H groups in total. The molecule has 8 nitrogen and oxygen atoms in total. The summed E-state index contributed by atoms with van der Waals surface area (Å²) in [6.45, 7) is 1.68. The molecule has 3 amide bonds. The number of nitrogens with one attached hydrogen (secondary N) is 1.